The van der Waals surface area contributed by atoms with E-state index in [1.165, 1.54) is 35.9 Å². The predicted molar refractivity (Wildman–Crippen MR) is 134 cm³/mol. The number of nitrogens with zero attached hydrogens (tertiary/aromatic N) is 4. The third kappa shape index (κ3) is 5.55. The summed E-state index contributed by atoms with van der Waals surface area (Å²) in [7, 11) is 3.32. The smallest absolute Gasteiger partial charge is 0.296 e. The second-order valence-electron chi connectivity index (χ2n) is 8.45. The number of piperazine rings is 1. The standard InChI is InChI=1S/C25H26FN5O4.ClH/c1-29-12-13-31(24(34)17-6-4-3-5-7-17)15-19(29)22-28-20(21(32)25(35)30(22)2)23(33)27-14-16-8-10-18(26)11-9-16;/h3-11,19,32H,12-15H2,1-2H3,(H,27,33);1H. The molecule has 11 heteroatoms. The first-order valence-electron chi connectivity index (χ1n) is 11.1. The van der Waals surface area contributed by atoms with Crippen molar-refractivity contribution in [3.05, 3.63) is 93.4 Å². The van der Waals surface area contributed by atoms with E-state index in [-0.39, 0.29) is 37.2 Å². The van der Waals surface area contributed by atoms with Crippen molar-refractivity contribution in [3.63, 3.8) is 0 Å². The number of amides is 2. The Morgan fingerprint density at radius 2 is 1.75 bits per heavy atom. The molecule has 0 aliphatic carbocycles. The number of aromatic nitrogens is 2. The Morgan fingerprint density at radius 1 is 1.08 bits per heavy atom. The number of aromatic hydroxyl groups is 1. The van der Waals surface area contributed by atoms with Crippen molar-refractivity contribution in [2.24, 2.45) is 7.05 Å². The van der Waals surface area contributed by atoms with Gasteiger partial charge in [0.05, 0.1) is 6.04 Å². The number of likely N-dealkylation sites (N-methyl/N-ethyl adjacent to an activating group) is 1. The fourth-order valence-corrected chi connectivity index (χ4v) is 4.03. The van der Waals surface area contributed by atoms with E-state index < -0.39 is 34.8 Å². The van der Waals surface area contributed by atoms with Crippen LogP contribution in [-0.4, -0.2) is 63.0 Å². The number of hydrogen-bond acceptors (Lipinski definition) is 6. The molecule has 2 amide bonds. The maximum absolute atomic E-state index is 13.1. The van der Waals surface area contributed by atoms with E-state index in [4.69, 9.17) is 0 Å². The molecule has 1 aliphatic heterocycles. The Morgan fingerprint density at radius 3 is 2.42 bits per heavy atom. The molecular weight excluding hydrogens is 489 g/mol. The summed E-state index contributed by atoms with van der Waals surface area (Å²) in [6.07, 6.45) is 0. The van der Waals surface area contributed by atoms with Gasteiger partial charge < -0.3 is 15.3 Å². The average molecular weight is 516 g/mol. The van der Waals surface area contributed by atoms with Crippen LogP contribution in [-0.2, 0) is 13.6 Å². The number of hydrogen-bond donors (Lipinski definition) is 2. The Balaban J connectivity index is 0.00000361. The van der Waals surface area contributed by atoms with Crippen molar-refractivity contribution in [3.8, 4) is 5.75 Å². The van der Waals surface area contributed by atoms with Gasteiger partial charge in [0, 0.05) is 38.8 Å². The largest absolute Gasteiger partial charge is 0.501 e. The first-order chi connectivity index (χ1) is 16.8. The molecule has 3 aromatic rings. The summed E-state index contributed by atoms with van der Waals surface area (Å²) in [6, 6.07) is 14.0. The van der Waals surface area contributed by atoms with Gasteiger partial charge >= 0.3 is 0 Å². The molecule has 0 spiro atoms. The van der Waals surface area contributed by atoms with Crippen LogP contribution in [0.1, 0.15) is 38.3 Å². The third-order valence-electron chi connectivity index (χ3n) is 6.14. The van der Waals surface area contributed by atoms with Crippen LogP contribution in [0.25, 0.3) is 0 Å². The maximum atomic E-state index is 13.1. The van der Waals surface area contributed by atoms with Gasteiger partial charge in [0.15, 0.2) is 5.69 Å². The van der Waals surface area contributed by atoms with Gasteiger partial charge in [-0.1, -0.05) is 30.3 Å². The van der Waals surface area contributed by atoms with Gasteiger partial charge in [0.1, 0.15) is 11.6 Å². The Kier molecular flexibility index (Phi) is 8.44. The Hall–Kier alpha value is -3.76. The number of benzene rings is 2. The minimum atomic E-state index is -0.762. The zero-order chi connectivity index (χ0) is 25.1. The zero-order valence-corrected chi connectivity index (χ0v) is 20.7. The van der Waals surface area contributed by atoms with Crippen LogP contribution >= 0.6 is 12.4 Å². The van der Waals surface area contributed by atoms with E-state index >= 15 is 0 Å². The van der Waals surface area contributed by atoms with E-state index in [0.29, 0.717) is 24.2 Å². The van der Waals surface area contributed by atoms with E-state index in [1.54, 1.807) is 29.2 Å². The molecule has 2 aromatic carbocycles. The molecule has 1 fully saturated rings. The van der Waals surface area contributed by atoms with Gasteiger partial charge in [0.2, 0.25) is 5.75 Å². The summed E-state index contributed by atoms with van der Waals surface area (Å²) in [4.78, 5) is 46.6. The van der Waals surface area contributed by atoms with Gasteiger partial charge in [-0.15, -0.1) is 12.4 Å². The summed E-state index contributed by atoms with van der Waals surface area (Å²) in [6.45, 7) is 1.35. The first kappa shape index (κ1) is 26.8. The molecule has 190 valence electrons. The van der Waals surface area contributed by atoms with E-state index in [1.807, 2.05) is 18.0 Å². The Bertz CT molecular complexity index is 1300. The van der Waals surface area contributed by atoms with Gasteiger partial charge in [-0.25, -0.2) is 9.37 Å². The summed E-state index contributed by atoms with van der Waals surface area (Å²) >= 11 is 0. The lowest BCUT2D eigenvalue weighted by Crippen LogP contribution is -2.50. The molecule has 2 heterocycles. The van der Waals surface area contributed by atoms with Crippen LogP contribution in [0.4, 0.5) is 4.39 Å². The average Bonchev–Trinajstić information content (AvgIpc) is 2.87. The van der Waals surface area contributed by atoms with Crippen molar-refractivity contribution >= 4 is 24.2 Å². The third-order valence-corrected chi connectivity index (χ3v) is 6.14. The molecule has 4 rings (SSSR count). The predicted octanol–water partition coefficient (Wildman–Crippen LogP) is 2.11. The molecule has 0 bridgehead atoms. The fourth-order valence-electron chi connectivity index (χ4n) is 4.03. The monoisotopic (exact) mass is 515 g/mol. The zero-order valence-electron chi connectivity index (χ0n) is 19.8. The highest BCUT2D eigenvalue weighted by molar-refractivity contribution is 5.95. The fraction of sp³-hybridized carbons (Fsp3) is 0.280. The van der Waals surface area contributed by atoms with Crippen molar-refractivity contribution < 1.29 is 19.1 Å². The van der Waals surface area contributed by atoms with Gasteiger partial charge in [-0.2, -0.15) is 0 Å². The van der Waals surface area contributed by atoms with Crippen molar-refractivity contribution in [1.29, 1.82) is 0 Å². The lowest BCUT2D eigenvalue weighted by atomic mass is 10.1. The number of nitrogens with one attached hydrogen (secondary N) is 1. The van der Waals surface area contributed by atoms with Gasteiger partial charge in [-0.3, -0.25) is 23.9 Å². The van der Waals surface area contributed by atoms with Crippen LogP contribution in [0.15, 0.2) is 59.4 Å². The van der Waals surface area contributed by atoms with Gasteiger partial charge in [-0.05, 0) is 36.9 Å². The normalized spacial score (nSPS) is 15.8. The summed E-state index contributed by atoms with van der Waals surface area (Å²) in [5.74, 6) is -1.77. The second kappa shape index (κ2) is 11.3. The minimum absolute atomic E-state index is 0. The molecular formula is C25H27ClFN5O4. The summed E-state index contributed by atoms with van der Waals surface area (Å²) in [5, 5.41) is 13.0. The number of carbonyl (C=O) groups is 2. The number of carbonyl (C=O) groups excluding carboxylic acids is 2. The van der Waals surface area contributed by atoms with E-state index in [2.05, 4.69) is 10.3 Å². The molecule has 2 N–H and O–H groups in total. The summed E-state index contributed by atoms with van der Waals surface area (Å²) in [5.41, 5.74) is 0.0431. The highest BCUT2D eigenvalue weighted by atomic mass is 35.5. The lowest BCUT2D eigenvalue weighted by Gasteiger charge is -2.39. The molecule has 1 aliphatic rings. The molecule has 1 atom stereocenters. The van der Waals surface area contributed by atoms with E-state index in [9.17, 15) is 23.9 Å². The second-order valence-corrected chi connectivity index (χ2v) is 8.45. The van der Waals surface area contributed by atoms with Gasteiger partial charge in [0.25, 0.3) is 17.4 Å². The van der Waals surface area contributed by atoms with Crippen molar-refractivity contribution in [2.45, 2.75) is 12.6 Å². The Labute approximate surface area is 213 Å². The molecule has 9 nitrogen and oxygen atoms in total. The molecule has 0 radical (unpaired) electrons. The van der Waals surface area contributed by atoms with Crippen LogP contribution in [0.5, 0.6) is 5.75 Å². The highest BCUT2D eigenvalue weighted by Crippen LogP contribution is 2.24. The molecule has 0 saturated carbocycles. The van der Waals surface area contributed by atoms with Crippen LogP contribution in [0.3, 0.4) is 0 Å². The highest BCUT2D eigenvalue weighted by Gasteiger charge is 2.33. The number of halogens is 2. The maximum Gasteiger partial charge on any atom is 0.296 e. The van der Waals surface area contributed by atoms with Crippen molar-refractivity contribution in [2.75, 3.05) is 26.7 Å². The number of rotatable bonds is 5. The summed E-state index contributed by atoms with van der Waals surface area (Å²) < 4.78 is 14.3. The quantitative estimate of drug-likeness (QED) is 0.539. The van der Waals surface area contributed by atoms with Crippen LogP contribution in [0, 0.1) is 5.82 Å². The molecule has 1 unspecified atom stereocenters. The molecule has 1 aromatic heterocycles. The minimum Gasteiger partial charge on any atom is -0.501 e. The first-order valence-corrected chi connectivity index (χ1v) is 11.1. The molecule has 36 heavy (non-hydrogen) atoms. The van der Waals surface area contributed by atoms with Crippen LogP contribution in [0.2, 0.25) is 0 Å². The van der Waals surface area contributed by atoms with Crippen LogP contribution < -0.4 is 10.9 Å². The lowest BCUT2D eigenvalue weighted by molar-refractivity contribution is 0.0524. The topological polar surface area (TPSA) is 108 Å². The van der Waals surface area contributed by atoms with Crippen molar-refractivity contribution in [1.82, 2.24) is 24.7 Å². The SMILES string of the molecule is CN1CCN(C(=O)c2ccccc2)CC1c1nc(C(=O)NCc2ccc(F)cc2)c(O)c(=O)n1C.Cl. The van der Waals surface area contributed by atoms with E-state index in [0.717, 1.165) is 0 Å². The molecule has 1 saturated heterocycles.